The molecule has 0 spiro atoms. The molecule has 0 aliphatic carbocycles. The van der Waals surface area contributed by atoms with E-state index in [-0.39, 0.29) is 0 Å². The Morgan fingerprint density at radius 3 is 1.68 bits per heavy atom. The first kappa shape index (κ1) is 33.5. The highest BCUT2D eigenvalue weighted by Gasteiger charge is 2.20. The van der Waals surface area contributed by atoms with Crippen LogP contribution in [0.1, 0.15) is 0 Å². The van der Waals surface area contributed by atoms with Crippen LogP contribution >= 0.6 is 0 Å². The molecule has 7 heteroatoms. The van der Waals surface area contributed by atoms with E-state index in [9.17, 15) is 0 Å². The molecule has 0 saturated carbocycles. The molecule has 0 radical (unpaired) electrons. The number of rotatable bonds is 7. The van der Waals surface area contributed by atoms with Crippen LogP contribution < -0.4 is 4.90 Å². The number of benzene rings is 7. The average molecular weight is 716 g/mol. The standard InChI is InChI=1S/C49H29N7/c1-50-36-16-12-14-33(28-36)43-32-44(54-49(53-43)35-15-13-17-37(29-35)51-2)34-24-26-48(45(30-34)52-3)56-46-23-11-10-22-41(46)42-31-40(25-27-47(42)56)55(38-18-6-4-7-19-38)39-20-8-5-9-21-39/h4-32H. The molecule has 7 aromatic carbocycles. The van der Waals surface area contributed by atoms with Crippen LogP contribution in [0, 0.1) is 19.7 Å². The Bertz CT molecular complexity index is 2960. The minimum absolute atomic E-state index is 0.447. The minimum Gasteiger partial charge on any atom is -0.319 e. The summed E-state index contributed by atoms with van der Waals surface area (Å²) in [6.45, 7) is 23.5. The van der Waals surface area contributed by atoms with E-state index in [1.165, 1.54) is 0 Å². The van der Waals surface area contributed by atoms with Crippen LogP contribution in [-0.4, -0.2) is 14.5 Å². The van der Waals surface area contributed by atoms with Crippen molar-refractivity contribution in [3.8, 4) is 39.6 Å². The van der Waals surface area contributed by atoms with Gasteiger partial charge in [0.1, 0.15) is 0 Å². The molecule has 0 bridgehead atoms. The smallest absolute Gasteiger partial charge is 0.211 e. The first-order valence-electron chi connectivity index (χ1n) is 17.9. The summed E-state index contributed by atoms with van der Waals surface area (Å²) in [5.74, 6) is 0.447. The van der Waals surface area contributed by atoms with Crippen molar-refractivity contribution in [2.75, 3.05) is 4.90 Å². The number of anilines is 3. The Labute approximate surface area is 324 Å². The second-order valence-electron chi connectivity index (χ2n) is 13.2. The molecule has 7 nitrogen and oxygen atoms in total. The first-order valence-corrected chi connectivity index (χ1v) is 17.9. The van der Waals surface area contributed by atoms with Gasteiger partial charge < -0.3 is 9.47 Å². The zero-order valence-corrected chi connectivity index (χ0v) is 29.9. The predicted octanol–water partition coefficient (Wildman–Crippen LogP) is 13.7. The molecule has 0 unspecified atom stereocenters. The van der Waals surface area contributed by atoms with E-state index in [1.807, 2.05) is 66.7 Å². The fraction of sp³-hybridized carbons (Fsp3) is 0. The van der Waals surface area contributed by atoms with Crippen molar-refractivity contribution in [1.82, 2.24) is 14.5 Å². The number of para-hydroxylation sites is 3. The topological polar surface area (TPSA) is 47.0 Å². The van der Waals surface area contributed by atoms with Crippen molar-refractivity contribution in [3.05, 3.63) is 210 Å². The molecule has 0 N–H and O–H groups in total. The molecular formula is C49H29N7. The van der Waals surface area contributed by atoms with Crippen molar-refractivity contribution >= 4 is 55.9 Å². The molecular weight excluding hydrogens is 687 g/mol. The SMILES string of the molecule is [C-]#[N+]c1cccc(-c2cc(-c3ccc(-n4c5ccccc5c5cc(N(c6ccccc6)c6ccccc6)ccc54)c([N+]#[C-])c3)nc(-c3cccc([N+]#[C-])c3)n2)c1. The van der Waals surface area contributed by atoms with Gasteiger partial charge in [-0.15, -0.1) is 0 Å². The summed E-state index contributed by atoms with van der Waals surface area (Å²) < 4.78 is 2.17. The van der Waals surface area contributed by atoms with Gasteiger partial charge in [-0.25, -0.2) is 24.5 Å². The number of fused-ring (bicyclic) bond motifs is 3. The van der Waals surface area contributed by atoms with Gasteiger partial charge in [0, 0.05) is 33.4 Å². The third-order valence-electron chi connectivity index (χ3n) is 9.81. The van der Waals surface area contributed by atoms with Crippen molar-refractivity contribution in [2.24, 2.45) is 0 Å². The molecule has 9 rings (SSSR count). The number of hydrogen-bond donors (Lipinski definition) is 0. The highest BCUT2D eigenvalue weighted by atomic mass is 15.1. The van der Waals surface area contributed by atoms with Gasteiger partial charge in [0.2, 0.25) is 5.69 Å². The number of aromatic nitrogens is 3. The van der Waals surface area contributed by atoms with Gasteiger partial charge in [0.15, 0.2) is 17.2 Å². The summed E-state index contributed by atoms with van der Waals surface area (Å²) in [7, 11) is 0. The van der Waals surface area contributed by atoms with Gasteiger partial charge in [-0.3, -0.25) is 0 Å². The Balaban J connectivity index is 1.20. The maximum Gasteiger partial charge on any atom is 0.211 e. The van der Waals surface area contributed by atoms with E-state index in [4.69, 9.17) is 29.7 Å². The van der Waals surface area contributed by atoms with E-state index in [0.717, 1.165) is 55.7 Å². The monoisotopic (exact) mass is 715 g/mol. The van der Waals surface area contributed by atoms with Crippen LogP contribution in [0.2, 0.25) is 0 Å². The van der Waals surface area contributed by atoms with Gasteiger partial charge in [-0.05, 0) is 90.0 Å². The molecule has 0 saturated heterocycles. The van der Waals surface area contributed by atoms with E-state index in [1.54, 1.807) is 24.3 Å². The zero-order chi connectivity index (χ0) is 38.0. The van der Waals surface area contributed by atoms with E-state index >= 15 is 0 Å². The molecule has 260 valence electrons. The minimum atomic E-state index is 0.447. The van der Waals surface area contributed by atoms with Crippen molar-refractivity contribution in [3.63, 3.8) is 0 Å². The summed E-state index contributed by atoms with van der Waals surface area (Å²) in [5, 5.41) is 2.15. The Kier molecular flexibility index (Phi) is 8.53. The zero-order valence-electron chi connectivity index (χ0n) is 29.9. The summed E-state index contributed by atoms with van der Waals surface area (Å²) >= 11 is 0. The fourth-order valence-corrected chi connectivity index (χ4v) is 7.24. The van der Waals surface area contributed by atoms with Gasteiger partial charge in [0.25, 0.3) is 0 Å². The maximum absolute atomic E-state index is 8.40. The normalized spacial score (nSPS) is 10.8. The number of hydrogen-bond acceptors (Lipinski definition) is 3. The fourth-order valence-electron chi connectivity index (χ4n) is 7.24. The lowest BCUT2D eigenvalue weighted by Gasteiger charge is -2.25. The van der Waals surface area contributed by atoms with Crippen molar-refractivity contribution < 1.29 is 0 Å². The Morgan fingerprint density at radius 2 is 1.02 bits per heavy atom. The third-order valence-corrected chi connectivity index (χ3v) is 9.81. The van der Waals surface area contributed by atoms with E-state index < -0.39 is 0 Å². The maximum atomic E-state index is 8.40. The van der Waals surface area contributed by atoms with Crippen LogP contribution in [0.5, 0.6) is 0 Å². The molecule has 2 aromatic heterocycles. The molecule has 0 amide bonds. The van der Waals surface area contributed by atoms with Gasteiger partial charge in [-0.1, -0.05) is 97.1 Å². The van der Waals surface area contributed by atoms with E-state index in [0.29, 0.717) is 39.8 Å². The molecule has 9 aromatic rings. The quantitative estimate of drug-likeness (QED) is 0.154. The van der Waals surface area contributed by atoms with Gasteiger partial charge >= 0.3 is 0 Å². The summed E-state index contributed by atoms with van der Waals surface area (Å²) in [6, 6.07) is 57.8. The van der Waals surface area contributed by atoms with Crippen molar-refractivity contribution in [1.29, 1.82) is 0 Å². The molecule has 2 heterocycles. The summed E-state index contributed by atoms with van der Waals surface area (Å²) in [6.07, 6.45) is 0. The van der Waals surface area contributed by atoms with Crippen LogP contribution in [-0.2, 0) is 0 Å². The highest BCUT2D eigenvalue weighted by molar-refractivity contribution is 6.11. The molecule has 56 heavy (non-hydrogen) atoms. The third kappa shape index (κ3) is 6.06. The second-order valence-corrected chi connectivity index (χ2v) is 13.2. The van der Waals surface area contributed by atoms with Crippen LogP contribution in [0.25, 0.3) is 75.9 Å². The highest BCUT2D eigenvalue weighted by Crippen LogP contribution is 2.42. The number of nitrogens with zero attached hydrogens (tertiary/aromatic N) is 7. The van der Waals surface area contributed by atoms with E-state index in [2.05, 4.69) is 109 Å². The summed E-state index contributed by atoms with van der Waals surface area (Å²) in [4.78, 5) is 23.4. The largest absolute Gasteiger partial charge is 0.319 e. The lowest BCUT2D eigenvalue weighted by atomic mass is 10.0. The predicted molar refractivity (Wildman–Crippen MR) is 226 cm³/mol. The lowest BCUT2D eigenvalue weighted by Crippen LogP contribution is -2.09. The van der Waals surface area contributed by atoms with Crippen LogP contribution in [0.3, 0.4) is 0 Å². The molecule has 0 fully saturated rings. The Hall–Kier alpha value is -8.31. The van der Waals surface area contributed by atoms with Gasteiger partial charge in [-0.2, -0.15) is 0 Å². The van der Waals surface area contributed by atoms with Gasteiger partial charge in [0.05, 0.1) is 47.8 Å². The van der Waals surface area contributed by atoms with Crippen LogP contribution in [0.15, 0.2) is 176 Å². The first-order chi connectivity index (χ1) is 27.6. The lowest BCUT2D eigenvalue weighted by molar-refractivity contribution is 1.17. The average Bonchev–Trinajstić information content (AvgIpc) is 3.60. The Morgan fingerprint density at radius 1 is 0.429 bits per heavy atom. The molecule has 0 atom stereocenters. The summed E-state index contributed by atoms with van der Waals surface area (Å²) in [5.41, 5.74) is 10.8. The second kappa shape index (κ2) is 14.3. The van der Waals surface area contributed by atoms with Crippen LogP contribution in [0.4, 0.5) is 34.1 Å². The molecule has 0 aliphatic rings. The molecule has 0 aliphatic heterocycles. The van der Waals surface area contributed by atoms with Crippen molar-refractivity contribution in [2.45, 2.75) is 0 Å².